The first-order chi connectivity index (χ1) is 9.51. The Kier molecular flexibility index (Phi) is 11.4. The van der Waals surface area contributed by atoms with Crippen LogP contribution in [-0.2, 0) is 4.74 Å². The molecule has 0 aliphatic carbocycles. The van der Waals surface area contributed by atoms with Crippen LogP contribution >= 0.6 is 24.0 Å². The molecule has 0 aromatic rings. The SMILES string of the molecule is CCNC(=NCCCN1CC(C)OC(C)C1)NC(C)C.I. The van der Waals surface area contributed by atoms with E-state index in [-0.39, 0.29) is 24.0 Å². The van der Waals surface area contributed by atoms with Crippen molar-refractivity contribution < 1.29 is 4.74 Å². The van der Waals surface area contributed by atoms with Gasteiger partial charge < -0.3 is 15.4 Å². The second-order valence-corrected chi connectivity index (χ2v) is 5.93. The summed E-state index contributed by atoms with van der Waals surface area (Å²) < 4.78 is 5.75. The maximum atomic E-state index is 5.75. The largest absolute Gasteiger partial charge is 0.373 e. The van der Waals surface area contributed by atoms with Gasteiger partial charge in [-0.05, 0) is 41.0 Å². The standard InChI is InChI=1S/C15H32N4O.HI/c1-6-16-15(18-12(2)3)17-8-7-9-19-10-13(4)20-14(5)11-19;/h12-14H,6-11H2,1-5H3,(H2,16,17,18);1H. The Bertz CT molecular complexity index is 289. The Morgan fingerprint density at radius 3 is 2.43 bits per heavy atom. The molecule has 0 bridgehead atoms. The van der Waals surface area contributed by atoms with E-state index in [0.717, 1.165) is 45.1 Å². The van der Waals surface area contributed by atoms with Crippen molar-refractivity contribution in [3.63, 3.8) is 0 Å². The average molecular weight is 412 g/mol. The Morgan fingerprint density at radius 2 is 1.90 bits per heavy atom. The number of ether oxygens (including phenoxy) is 1. The minimum Gasteiger partial charge on any atom is -0.373 e. The number of guanidine groups is 1. The second-order valence-electron chi connectivity index (χ2n) is 5.93. The van der Waals surface area contributed by atoms with Gasteiger partial charge in [0.2, 0.25) is 0 Å². The predicted molar refractivity (Wildman–Crippen MR) is 101 cm³/mol. The average Bonchev–Trinajstić information content (AvgIpc) is 2.33. The third-order valence-corrected chi connectivity index (χ3v) is 3.17. The number of morpholine rings is 1. The molecule has 2 atom stereocenters. The van der Waals surface area contributed by atoms with Gasteiger partial charge in [0.25, 0.3) is 0 Å². The highest BCUT2D eigenvalue weighted by atomic mass is 127. The zero-order chi connectivity index (χ0) is 15.0. The van der Waals surface area contributed by atoms with Gasteiger partial charge >= 0.3 is 0 Å². The molecule has 0 aromatic heterocycles. The summed E-state index contributed by atoms with van der Waals surface area (Å²) in [6, 6.07) is 0.411. The Balaban J connectivity index is 0.00000400. The molecule has 0 saturated carbocycles. The number of aliphatic imine (C=N–C) groups is 1. The molecular formula is C15H33IN4O. The first-order valence-corrected chi connectivity index (χ1v) is 7.94. The van der Waals surface area contributed by atoms with Crippen LogP contribution in [0.15, 0.2) is 4.99 Å². The Hall–Kier alpha value is -0.0800. The van der Waals surface area contributed by atoms with E-state index in [9.17, 15) is 0 Å². The fourth-order valence-electron chi connectivity index (χ4n) is 2.55. The first-order valence-electron chi connectivity index (χ1n) is 7.94. The number of nitrogens with one attached hydrogen (secondary N) is 2. The molecule has 2 N–H and O–H groups in total. The number of hydrogen-bond donors (Lipinski definition) is 2. The third kappa shape index (κ3) is 9.52. The van der Waals surface area contributed by atoms with Gasteiger partial charge in [-0.25, -0.2) is 0 Å². The van der Waals surface area contributed by atoms with Gasteiger partial charge in [0, 0.05) is 38.8 Å². The van der Waals surface area contributed by atoms with Crippen molar-refractivity contribution in [2.45, 2.75) is 59.3 Å². The summed E-state index contributed by atoms with van der Waals surface area (Å²) in [6.45, 7) is 15.6. The van der Waals surface area contributed by atoms with Gasteiger partial charge in [0.1, 0.15) is 0 Å². The first kappa shape index (κ1) is 20.9. The van der Waals surface area contributed by atoms with Crippen LogP contribution in [0.25, 0.3) is 0 Å². The highest BCUT2D eigenvalue weighted by molar-refractivity contribution is 14.0. The van der Waals surface area contributed by atoms with E-state index >= 15 is 0 Å². The van der Waals surface area contributed by atoms with E-state index in [0.29, 0.717) is 18.2 Å². The molecule has 5 nitrogen and oxygen atoms in total. The Morgan fingerprint density at radius 1 is 1.29 bits per heavy atom. The highest BCUT2D eigenvalue weighted by Crippen LogP contribution is 2.10. The highest BCUT2D eigenvalue weighted by Gasteiger charge is 2.21. The smallest absolute Gasteiger partial charge is 0.191 e. The minimum absolute atomic E-state index is 0. The fourth-order valence-corrected chi connectivity index (χ4v) is 2.55. The molecule has 21 heavy (non-hydrogen) atoms. The maximum Gasteiger partial charge on any atom is 0.191 e. The topological polar surface area (TPSA) is 48.9 Å². The van der Waals surface area contributed by atoms with Gasteiger partial charge in [0.15, 0.2) is 5.96 Å². The maximum absolute atomic E-state index is 5.75. The van der Waals surface area contributed by atoms with Gasteiger partial charge in [-0.15, -0.1) is 24.0 Å². The fraction of sp³-hybridized carbons (Fsp3) is 0.933. The van der Waals surface area contributed by atoms with Gasteiger partial charge in [-0.1, -0.05) is 0 Å². The molecule has 1 aliphatic rings. The van der Waals surface area contributed by atoms with Crippen LogP contribution in [0.3, 0.4) is 0 Å². The van der Waals surface area contributed by atoms with Crippen LogP contribution in [0, 0.1) is 0 Å². The molecule has 126 valence electrons. The van der Waals surface area contributed by atoms with E-state index in [1.807, 2.05) is 0 Å². The van der Waals surface area contributed by atoms with Gasteiger partial charge in [-0.2, -0.15) is 0 Å². The number of nitrogens with zero attached hydrogens (tertiary/aromatic N) is 2. The lowest BCUT2D eigenvalue weighted by Gasteiger charge is -2.35. The molecule has 6 heteroatoms. The zero-order valence-corrected chi connectivity index (χ0v) is 16.5. The lowest BCUT2D eigenvalue weighted by molar-refractivity contribution is -0.0679. The van der Waals surface area contributed by atoms with Crippen molar-refractivity contribution in [2.75, 3.05) is 32.7 Å². The molecule has 0 aromatic carbocycles. The van der Waals surface area contributed by atoms with Crippen molar-refractivity contribution in [3.05, 3.63) is 0 Å². The second kappa shape index (κ2) is 11.5. The van der Waals surface area contributed by atoms with Crippen molar-refractivity contribution in [3.8, 4) is 0 Å². The van der Waals surface area contributed by atoms with Crippen molar-refractivity contribution in [1.29, 1.82) is 0 Å². The lowest BCUT2D eigenvalue weighted by Crippen LogP contribution is -2.45. The molecule has 0 spiro atoms. The molecule has 1 saturated heterocycles. The van der Waals surface area contributed by atoms with Gasteiger partial charge in [0.05, 0.1) is 12.2 Å². The summed E-state index contributed by atoms with van der Waals surface area (Å²) in [4.78, 5) is 7.10. The van der Waals surface area contributed by atoms with Gasteiger partial charge in [-0.3, -0.25) is 9.89 Å². The number of halogens is 1. The van der Waals surface area contributed by atoms with E-state index in [2.05, 4.69) is 55.1 Å². The molecule has 1 aliphatic heterocycles. The van der Waals surface area contributed by atoms with Crippen LogP contribution in [-0.4, -0.2) is 61.8 Å². The number of hydrogen-bond acceptors (Lipinski definition) is 3. The summed E-state index contributed by atoms with van der Waals surface area (Å²) in [7, 11) is 0. The molecule has 2 unspecified atom stereocenters. The Labute approximate surface area is 147 Å². The molecule has 1 heterocycles. The summed E-state index contributed by atoms with van der Waals surface area (Å²) in [5.74, 6) is 0.922. The summed E-state index contributed by atoms with van der Waals surface area (Å²) in [5.41, 5.74) is 0. The molecular weight excluding hydrogens is 379 g/mol. The quantitative estimate of drug-likeness (QED) is 0.304. The minimum atomic E-state index is 0. The molecule has 1 rings (SSSR count). The third-order valence-electron chi connectivity index (χ3n) is 3.17. The predicted octanol–water partition coefficient (Wildman–Crippen LogP) is 2.07. The van der Waals surface area contributed by atoms with E-state index in [1.54, 1.807) is 0 Å². The summed E-state index contributed by atoms with van der Waals surface area (Å²) in [5, 5.41) is 6.61. The summed E-state index contributed by atoms with van der Waals surface area (Å²) in [6.07, 6.45) is 1.79. The van der Waals surface area contributed by atoms with Crippen LogP contribution < -0.4 is 10.6 Å². The molecule has 0 radical (unpaired) electrons. The monoisotopic (exact) mass is 412 g/mol. The molecule has 1 fully saturated rings. The van der Waals surface area contributed by atoms with E-state index < -0.39 is 0 Å². The van der Waals surface area contributed by atoms with Crippen LogP contribution in [0.1, 0.15) is 41.0 Å². The molecule has 0 amide bonds. The van der Waals surface area contributed by atoms with Crippen LogP contribution in [0.5, 0.6) is 0 Å². The van der Waals surface area contributed by atoms with Crippen molar-refractivity contribution in [1.82, 2.24) is 15.5 Å². The number of rotatable bonds is 6. The zero-order valence-electron chi connectivity index (χ0n) is 14.2. The summed E-state index contributed by atoms with van der Waals surface area (Å²) >= 11 is 0. The van der Waals surface area contributed by atoms with Crippen LogP contribution in [0.2, 0.25) is 0 Å². The van der Waals surface area contributed by atoms with E-state index in [1.165, 1.54) is 0 Å². The van der Waals surface area contributed by atoms with E-state index in [4.69, 9.17) is 4.74 Å². The lowest BCUT2D eigenvalue weighted by atomic mass is 10.2. The van der Waals surface area contributed by atoms with Crippen molar-refractivity contribution in [2.24, 2.45) is 4.99 Å². The van der Waals surface area contributed by atoms with Crippen molar-refractivity contribution >= 4 is 29.9 Å². The van der Waals surface area contributed by atoms with Crippen LogP contribution in [0.4, 0.5) is 0 Å². The normalized spacial score (nSPS) is 23.8.